The molecule has 0 bridgehead atoms. The summed E-state index contributed by atoms with van der Waals surface area (Å²) in [6.45, 7) is 9.36. The molecule has 0 amide bonds. The van der Waals surface area contributed by atoms with Crippen molar-refractivity contribution in [2.75, 3.05) is 9.80 Å². The molecule has 6 heterocycles. The Hall–Kier alpha value is -7.63. The summed E-state index contributed by atoms with van der Waals surface area (Å²) >= 11 is 0. The Labute approximate surface area is 392 Å². The number of ether oxygens (including phenoxy) is 2. The average Bonchev–Trinajstić information content (AvgIpc) is 3.36. The fourth-order valence-corrected chi connectivity index (χ4v) is 13.5. The van der Waals surface area contributed by atoms with Crippen LogP contribution in [0.25, 0.3) is 0 Å². The molecule has 67 heavy (non-hydrogen) atoms. The van der Waals surface area contributed by atoms with Gasteiger partial charge >= 0.3 is 0 Å². The average molecular weight is 856 g/mol. The molecule has 0 saturated carbocycles. The van der Waals surface area contributed by atoms with Crippen LogP contribution in [0.3, 0.4) is 0 Å². The van der Waals surface area contributed by atoms with E-state index in [0.717, 1.165) is 57.1 Å². The first kappa shape index (κ1) is 37.6. The van der Waals surface area contributed by atoms with Crippen LogP contribution in [0, 0.1) is 0 Å². The van der Waals surface area contributed by atoms with E-state index in [4.69, 9.17) is 9.47 Å². The number of anilines is 6. The lowest BCUT2D eigenvalue weighted by atomic mass is 9.26. The number of rotatable bonds is 2. The highest BCUT2D eigenvalue weighted by molar-refractivity contribution is 7.04. The summed E-state index contributed by atoms with van der Waals surface area (Å²) in [6.07, 6.45) is 0. The molecule has 0 aliphatic carbocycles. The zero-order valence-corrected chi connectivity index (χ0v) is 37.8. The summed E-state index contributed by atoms with van der Waals surface area (Å²) in [4.78, 5) is 5.04. The standard InChI is InChI=1S/C60H43B3N2O2/c1-59(2)38-24-11-13-26-42(38)61-44-28-15-17-32-50(44)66-57-52(61)40(59)34-48-55(57)63-54-46(64(48)36-20-7-5-8-21-36)30-19-31-47(54)65(37-22-9-6-10-23-37)49-35-41-53-58(56(49)63)67-51-33-18-16-29-45(51)62(53)43-27-14-12-25-39(43)60(41,3)4/h5-35H,1-4H3. The maximum atomic E-state index is 7.63. The molecule has 0 aromatic heterocycles. The second-order valence-electron chi connectivity index (χ2n) is 20.3. The Morgan fingerprint density at radius 2 is 0.716 bits per heavy atom. The Morgan fingerprint density at radius 1 is 0.328 bits per heavy atom. The van der Waals surface area contributed by atoms with Crippen LogP contribution in [-0.4, -0.2) is 20.1 Å². The van der Waals surface area contributed by atoms with Gasteiger partial charge in [0.2, 0.25) is 0 Å². The second kappa shape index (κ2) is 13.0. The van der Waals surface area contributed by atoms with Crippen LogP contribution in [-0.2, 0) is 10.8 Å². The molecule has 0 unspecified atom stereocenters. The summed E-state index contributed by atoms with van der Waals surface area (Å²) < 4.78 is 15.3. The molecule has 6 aliphatic heterocycles. The molecule has 9 aromatic rings. The zero-order chi connectivity index (χ0) is 44.5. The van der Waals surface area contributed by atoms with Gasteiger partial charge in [0.15, 0.2) is 0 Å². The molecule has 7 heteroatoms. The van der Waals surface area contributed by atoms with Gasteiger partial charge in [-0.05, 0) is 121 Å². The quantitative estimate of drug-likeness (QED) is 0.164. The lowest BCUT2D eigenvalue weighted by Gasteiger charge is -2.49. The Balaban J connectivity index is 1.13. The number of benzene rings is 9. The van der Waals surface area contributed by atoms with Crippen molar-refractivity contribution in [1.29, 1.82) is 0 Å². The van der Waals surface area contributed by atoms with E-state index >= 15 is 0 Å². The highest BCUT2D eigenvalue weighted by atomic mass is 16.5. The number of hydrogen-bond acceptors (Lipinski definition) is 4. The van der Waals surface area contributed by atoms with Crippen molar-refractivity contribution >= 4 is 103 Å². The summed E-state index contributed by atoms with van der Waals surface area (Å²) in [5, 5.41) is 0. The minimum atomic E-state index is -0.314. The molecule has 0 atom stereocenters. The van der Waals surface area contributed by atoms with Gasteiger partial charge in [0.05, 0.1) is 0 Å². The molecule has 15 rings (SSSR count). The van der Waals surface area contributed by atoms with Crippen LogP contribution in [0.15, 0.2) is 188 Å². The number of fused-ring (bicyclic) bond motifs is 14. The van der Waals surface area contributed by atoms with Gasteiger partial charge in [-0.1, -0.05) is 166 Å². The molecule has 0 N–H and O–H groups in total. The SMILES string of the molecule is CC1(C)c2ccccc2B2c3ccccc3Oc3c4c(cc1c32)N(c1ccccc1)c1cccc2c1B4c1c(cc3c4c1Oc1ccccc1B4c1ccccc1C3(C)C)N2c1ccccc1. The van der Waals surface area contributed by atoms with Gasteiger partial charge < -0.3 is 19.3 Å². The highest BCUT2D eigenvalue weighted by Crippen LogP contribution is 2.50. The van der Waals surface area contributed by atoms with Crippen LogP contribution < -0.4 is 68.4 Å². The van der Waals surface area contributed by atoms with Crippen LogP contribution in [0.4, 0.5) is 34.1 Å². The van der Waals surface area contributed by atoms with Crippen molar-refractivity contribution in [1.82, 2.24) is 0 Å². The maximum Gasteiger partial charge on any atom is 0.261 e. The summed E-state index contributed by atoms with van der Waals surface area (Å²) in [6, 6.07) is 69.6. The van der Waals surface area contributed by atoms with Crippen molar-refractivity contribution in [3.63, 3.8) is 0 Å². The van der Waals surface area contributed by atoms with Gasteiger partial charge in [0, 0.05) is 45.0 Å². The second-order valence-corrected chi connectivity index (χ2v) is 20.3. The molecule has 0 fully saturated rings. The topological polar surface area (TPSA) is 24.9 Å². The Morgan fingerprint density at radius 3 is 1.16 bits per heavy atom. The van der Waals surface area contributed by atoms with Gasteiger partial charge in [0.1, 0.15) is 23.0 Å². The normalized spacial score (nSPS) is 16.1. The van der Waals surface area contributed by atoms with Crippen LogP contribution >= 0.6 is 0 Å². The van der Waals surface area contributed by atoms with Crippen LogP contribution in [0.5, 0.6) is 23.0 Å². The van der Waals surface area contributed by atoms with E-state index in [2.05, 4.69) is 226 Å². The van der Waals surface area contributed by atoms with Crippen molar-refractivity contribution in [2.45, 2.75) is 38.5 Å². The van der Waals surface area contributed by atoms with E-state index in [9.17, 15) is 0 Å². The van der Waals surface area contributed by atoms with Crippen molar-refractivity contribution in [3.05, 3.63) is 210 Å². The molecular weight excluding hydrogens is 813 g/mol. The van der Waals surface area contributed by atoms with Gasteiger partial charge in [-0.2, -0.15) is 0 Å². The van der Waals surface area contributed by atoms with E-state index < -0.39 is 0 Å². The van der Waals surface area contributed by atoms with Gasteiger partial charge in [-0.25, -0.2) is 0 Å². The van der Waals surface area contributed by atoms with Crippen LogP contribution in [0.1, 0.15) is 49.9 Å². The molecule has 0 saturated heterocycles. The third-order valence-corrected chi connectivity index (χ3v) is 16.3. The Kier molecular flexibility index (Phi) is 7.32. The highest BCUT2D eigenvalue weighted by Gasteiger charge is 2.55. The summed E-state index contributed by atoms with van der Waals surface area (Å²) in [7, 11) is 0. The monoisotopic (exact) mass is 856 g/mol. The Bertz CT molecular complexity index is 3410. The molecule has 4 nitrogen and oxygen atoms in total. The third-order valence-electron chi connectivity index (χ3n) is 16.3. The largest absolute Gasteiger partial charge is 0.459 e. The van der Waals surface area contributed by atoms with Crippen LogP contribution in [0.2, 0.25) is 0 Å². The van der Waals surface area contributed by atoms with Crippen molar-refractivity contribution in [2.24, 2.45) is 0 Å². The summed E-state index contributed by atoms with van der Waals surface area (Å²) in [5.41, 5.74) is 22.8. The fourth-order valence-electron chi connectivity index (χ4n) is 13.5. The fraction of sp³-hybridized carbons (Fsp3) is 0.100. The zero-order valence-electron chi connectivity index (χ0n) is 37.8. The minimum Gasteiger partial charge on any atom is -0.459 e. The molecule has 0 radical (unpaired) electrons. The van der Waals surface area contributed by atoms with E-state index in [-0.39, 0.29) is 31.0 Å². The molecule has 0 spiro atoms. The smallest absolute Gasteiger partial charge is 0.261 e. The van der Waals surface area contributed by atoms with Crippen molar-refractivity contribution in [3.8, 4) is 23.0 Å². The molecule has 6 aliphatic rings. The molecular formula is C60H43B3N2O2. The van der Waals surface area contributed by atoms with E-state index in [1.54, 1.807) is 0 Å². The first-order valence-electron chi connectivity index (χ1n) is 23.8. The van der Waals surface area contributed by atoms with Gasteiger partial charge in [-0.3, -0.25) is 0 Å². The minimum absolute atomic E-state index is 0.00173. The first-order valence-corrected chi connectivity index (χ1v) is 23.8. The summed E-state index contributed by atoms with van der Waals surface area (Å²) in [5.74, 6) is 3.76. The van der Waals surface area contributed by atoms with E-state index in [0.29, 0.717) is 0 Å². The van der Waals surface area contributed by atoms with Crippen molar-refractivity contribution < 1.29 is 9.47 Å². The molecule has 9 aromatic carbocycles. The number of nitrogens with zero attached hydrogens (tertiary/aromatic N) is 2. The third kappa shape index (κ3) is 4.71. The first-order chi connectivity index (χ1) is 32.8. The predicted molar refractivity (Wildman–Crippen MR) is 280 cm³/mol. The van der Waals surface area contributed by atoms with Gasteiger partial charge in [0.25, 0.3) is 20.1 Å². The number of hydrogen-bond donors (Lipinski definition) is 0. The van der Waals surface area contributed by atoms with E-state index in [1.165, 1.54) is 71.4 Å². The predicted octanol–water partition coefficient (Wildman–Crippen LogP) is 8.29. The number of para-hydroxylation sites is 4. The van der Waals surface area contributed by atoms with Gasteiger partial charge in [-0.15, -0.1) is 0 Å². The lowest BCUT2D eigenvalue weighted by molar-refractivity contribution is 0.487. The van der Waals surface area contributed by atoms with E-state index in [1.807, 2.05) is 0 Å². The lowest BCUT2D eigenvalue weighted by Crippen LogP contribution is -2.69. The maximum absolute atomic E-state index is 7.63. The molecule has 314 valence electrons.